The average Bonchev–Trinajstić information content (AvgIpc) is 2.56. The van der Waals surface area contributed by atoms with Crippen LogP contribution in [0, 0.1) is 11.7 Å². The van der Waals surface area contributed by atoms with Gasteiger partial charge in [-0.2, -0.15) is 0 Å². The molecule has 130 valence electrons. The average molecular weight is 340 g/mol. The van der Waals surface area contributed by atoms with Gasteiger partial charge in [-0.1, -0.05) is 35.9 Å². The largest absolute Gasteiger partial charge is 0.395 e. The molecule has 5 heteroatoms. The van der Waals surface area contributed by atoms with E-state index >= 15 is 0 Å². The van der Waals surface area contributed by atoms with Gasteiger partial charge in [0.25, 0.3) is 5.91 Å². The molecule has 1 heterocycles. The maximum absolute atomic E-state index is 13.4. The molecule has 1 aromatic rings. The number of amides is 1. The summed E-state index contributed by atoms with van der Waals surface area (Å²) in [4.78, 5) is 18.4. The second-order valence-corrected chi connectivity index (χ2v) is 6.37. The number of nitrogens with zero attached hydrogens (tertiary/aromatic N) is 2. The van der Waals surface area contributed by atoms with Crippen LogP contribution < -0.4 is 0 Å². The molecule has 0 saturated heterocycles. The first-order valence-corrected chi connectivity index (χ1v) is 8.33. The van der Waals surface area contributed by atoms with Gasteiger partial charge >= 0.3 is 0 Å². The topological polar surface area (TPSA) is 52.9 Å². The van der Waals surface area contributed by atoms with E-state index in [0.29, 0.717) is 25.2 Å². The van der Waals surface area contributed by atoms with Gasteiger partial charge in [0.05, 0.1) is 12.3 Å². The van der Waals surface area contributed by atoms with E-state index in [1.54, 1.807) is 6.07 Å². The van der Waals surface area contributed by atoms with Crippen LogP contribution in [-0.2, 0) is 11.3 Å². The third-order valence-electron chi connectivity index (χ3n) is 4.29. The van der Waals surface area contributed by atoms with Gasteiger partial charge in [0.15, 0.2) is 0 Å². The summed E-state index contributed by atoms with van der Waals surface area (Å²) in [5.41, 5.74) is 3.31. The number of hydrogen-bond acceptors (Lipinski definition) is 3. The second kappa shape index (κ2) is 7.68. The van der Waals surface area contributed by atoms with Gasteiger partial charge in [-0.05, 0) is 30.7 Å². The van der Waals surface area contributed by atoms with Crippen LogP contribution in [-0.4, -0.2) is 41.3 Å². The van der Waals surface area contributed by atoms with E-state index in [0.717, 1.165) is 16.8 Å². The molecule has 3 rings (SSSR count). The molecule has 1 atom stereocenters. The lowest BCUT2D eigenvalue weighted by Crippen LogP contribution is -2.32. The fraction of sp³-hybridized carbons (Fsp3) is 0.300. The van der Waals surface area contributed by atoms with Gasteiger partial charge in [0, 0.05) is 31.1 Å². The highest BCUT2D eigenvalue weighted by atomic mass is 19.1. The molecule has 1 amide bonds. The van der Waals surface area contributed by atoms with Crippen molar-refractivity contribution in [1.82, 2.24) is 4.90 Å². The number of carbonyl (C=O) groups excluding carboxylic acids is 1. The van der Waals surface area contributed by atoms with Crippen molar-refractivity contribution in [1.29, 1.82) is 0 Å². The van der Waals surface area contributed by atoms with Crippen molar-refractivity contribution in [2.75, 3.05) is 19.7 Å². The van der Waals surface area contributed by atoms with Gasteiger partial charge in [0.1, 0.15) is 5.82 Å². The van der Waals surface area contributed by atoms with Crippen LogP contribution in [0.4, 0.5) is 4.39 Å². The number of rotatable bonds is 6. The Hall–Kier alpha value is -2.37. The Balaban J connectivity index is 1.75. The molecular formula is C20H21FN2O2. The minimum atomic E-state index is -0.293. The van der Waals surface area contributed by atoms with E-state index in [1.165, 1.54) is 12.1 Å². The molecule has 25 heavy (non-hydrogen) atoms. The minimum absolute atomic E-state index is 0.0165. The number of benzene rings is 1. The summed E-state index contributed by atoms with van der Waals surface area (Å²) >= 11 is 0. The third-order valence-corrected chi connectivity index (χ3v) is 4.29. The normalized spacial score (nSPS) is 19.4. The zero-order valence-electron chi connectivity index (χ0n) is 14.2. The first-order valence-electron chi connectivity index (χ1n) is 8.33. The number of fused-ring (bicyclic) bond motifs is 1. The maximum atomic E-state index is 13.4. The van der Waals surface area contributed by atoms with Crippen molar-refractivity contribution in [2.24, 2.45) is 10.9 Å². The summed E-state index contributed by atoms with van der Waals surface area (Å²) in [7, 11) is 0. The predicted octanol–water partition coefficient (Wildman–Crippen LogP) is 2.66. The van der Waals surface area contributed by atoms with E-state index in [9.17, 15) is 14.3 Å². The van der Waals surface area contributed by atoms with Crippen LogP contribution in [0.5, 0.6) is 0 Å². The Morgan fingerprint density at radius 1 is 1.24 bits per heavy atom. The van der Waals surface area contributed by atoms with Crippen LogP contribution in [0.2, 0.25) is 0 Å². The molecule has 0 spiro atoms. The Morgan fingerprint density at radius 3 is 2.84 bits per heavy atom. The molecule has 0 aromatic heterocycles. The molecule has 0 fully saturated rings. The predicted molar refractivity (Wildman–Crippen MR) is 95.7 cm³/mol. The van der Waals surface area contributed by atoms with Crippen LogP contribution in [0.25, 0.3) is 0 Å². The minimum Gasteiger partial charge on any atom is -0.395 e. The highest BCUT2D eigenvalue weighted by Gasteiger charge is 2.24. The highest BCUT2D eigenvalue weighted by Crippen LogP contribution is 2.23. The lowest BCUT2D eigenvalue weighted by molar-refractivity contribution is -0.114. The molecule has 0 bridgehead atoms. The summed E-state index contributed by atoms with van der Waals surface area (Å²) < 4.78 is 13.4. The van der Waals surface area contributed by atoms with Crippen molar-refractivity contribution in [3.8, 4) is 0 Å². The maximum Gasteiger partial charge on any atom is 0.274 e. The Morgan fingerprint density at radius 2 is 2.08 bits per heavy atom. The SMILES string of the molecule is CC1=CC2C=C(CN(CCO)Cc3cccc(F)c3)C(=O)N=C2C=C1. The zero-order chi connectivity index (χ0) is 17.8. The van der Waals surface area contributed by atoms with E-state index in [4.69, 9.17) is 0 Å². The molecular weight excluding hydrogens is 319 g/mol. The quantitative estimate of drug-likeness (QED) is 0.866. The van der Waals surface area contributed by atoms with Crippen molar-refractivity contribution in [3.63, 3.8) is 0 Å². The van der Waals surface area contributed by atoms with Crippen molar-refractivity contribution < 1.29 is 14.3 Å². The number of aliphatic imine (C=N–C) groups is 1. The fourth-order valence-corrected chi connectivity index (χ4v) is 3.08. The molecule has 4 nitrogen and oxygen atoms in total. The van der Waals surface area contributed by atoms with Crippen LogP contribution >= 0.6 is 0 Å². The van der Waals surface area contributed by atoms with Crippen molar-refractivity contribution in [2.45, 2.75) is 13.5 Å². The van der Waals surface area contributed by atoms with E-state index < -0.39 is 0 Å². The molecule has 0 radical (unpaired) electrons. The molecule has 2 aliphatic rings. The van der Waals surface area contributed by atoms with E-state index in [1.807, 2.05) is 36.1 Å². The van der Waals surface area contributed by atoms with Gasteiger partial charge < -0.3 is 5.11 Å². The van der Waals surface area contributed by atoms with Gasteiger partial charge in [-0.25, -0.2) is 9.38 Å². The van der Waals surface area contributed by atoms with Crippen LogP contribution in [0.15, 0.2) is 64.7 Å². The molecule has 1 unspecified atom stereocenters. The Bertz CT molecular complexity index is 793. The molecule has 1 aliphatic carbocycles. The monoisotopic (exact) mass is 340 g/mol. The number of hydrogen-bond donors (Lipinski definition) is 1. The summed E-state index contributed by atoms with van der Waals surface area (Å²) in [6.07, 6.45) is 7.84. The molecule has 1 N–H and O–H groups in total. The van der Waals surface area contributed by atoms with E-state index in [2.05, 4.69) is 11.1 Å². The zero-order valence-corrected chi connectivity index (χ0v) is 14.2. The van der Waals surface area contributed by atoms with E-state index in [-0.39, 0.29) is 24.2 Å². The first-order chi connectivity index (χ1) is 12.0. The highest BCUT2D eigenvalue weighted by molar-refractivity contribution is 6.13. The van der Waals surface area contributed by atoms with Gasteiger partial charge in [-0.3, -0.25) is 9.69 Å². The molecule has 1 aromatic carbocycles. The lowest BCUT2D eigenvalue weighted by atomic mass is 9.90. The summed E-state index contributed by atoms with van der Waals surface area (Å²) in [6.45, 7) is 3.21. The lowest BCUT2D eigenvalue weighted by Gasteiger charge is -2.25. The number of halogens is 1. The second-order valence-electron chi connectivity index (χ2n) is 6.37. The summed E-state index contributed by atoms with van der Waals surface area (Å²) in [6, 6.07) is 6.36. The van der Waals surface area contributed by atoms with Crippen molar-refractivity contribution in [3.05, 3.63) is 71.1 Å². The summed E-state index contributed by atoms with van der Waals surface area (Å²) in [5.74, 6) is -0.521. The molecule has 0 saturated carbocycles. The first kappa shape index (κ1) is 17.5. The standard InChI is InChI=1S/C20H21FN2O2/c1-14-5-6-19-16(9-14)11-17(20(25)22-19)13-23(7-8-24)12-15-3-2-4-18(21)10-15/h2-6,9-11,16,24H,7-8,12-13H2,1H3. The number of carbonyl (C=O) groups is 1. The number of allylic oxidation sites excluding steroid dienone is 5. The number of aliphatic hydroxyl groups excluding tert-OH is 1. The number of aliphatic hydroxyl groups is 1. The van der Waals surface area contributed by atoms with Crippen LogP contribution in [0.1, 0.15) is 12.5 Å². The number of dihydropyridines is 1. The summed E-state index contributed by atoms with van der Waals surface area (Å²) in [5, 5.41) is 9.32. The van der Waals surface area contributed by atoms with Gasteiger partial charge in [-0.15, -0.1) is 0 Å². The third kappa shape index (κ3) is 4.38. The Kier molecular flexibility index (Phi) is 5.36. The van der Waals surface area contributed by atoms with Crippen LogP contribution in [0.3, 0.4) is 0 Å². The van der Waals surface area contributed by atoms with Gasteiger partial charge in [0.2, 0.25) is 0 Å². The Labute approximate surface area is 146 Å². The fourth-order valence-electron chi connectivity index (χ4n) is 3.08. The molecule has 1 aliphatic heterocycles. The van der Waals surface area contributed by atoms with Crippen molar-refractivity contribution >= 4 is 11.6 Å². The smallest absolute Gasteiger partial charge is 0.274 e.